The van der Waals surface area contributed by atoms with Crippen LogP contribution in [0.2, 0.25) is 0 Å². The van der Waals surface area contributed by atoms with Crippen molar-refractivity contribution < 1.29 is 14.7 Å². The van der Waals surface area contributed by atoms with Gasteiger partial charge in [-0.2, -0.15) is 0 Å². The average Bonchev–Trinajstić information content (AvgIpc) is 2.48. The van der Waals surface area contributed by atoms with Crippen LogP contribution in [0.25, 0.3) is 0 Å². The summed E-state index contributed by atoms with van der Waals surface area (Å²) in [5.41, 5.74) is 0. The van der Waals surface area contributed by atoms with E-state index in [9.17, 15) is 0 Å². The highest BCUT2D eigenvalue weighted by Crippen LogP contribution is 2.18. The van der Waals surface area contributed by atoms with Crippen molar-refractivity contribution in [1.29, 1.82) is 0 Å². The SMILES string of the molecule is OB(O)OC1CCCCCCCCCCCCCCCCC1. The predicted octanol–water partition coefficient (Wildman–Crippen LogP) is 4.99. The van der Waals surface area contributed by atoms with E-state index in [2.05, 4.69) is 0 Å². The van der Waals surface area contributed by atoms with Crippen molar-refractivity contribution in [3.63, 3.8) is 0 Å². The van der Waals surface area contributed by atoms with Crippen LogP contribution in [0.5, 0.6) is 0 Å². The maximum atomic E-state index is 9.04. The molecule has 0 bridgehead atoms. The molecule has 1 fully saturated rings. The number of hydrogen-bond acceptors (Lipinski definition) is 3. The van der Waals surface area contributed by atoms with Crippen LogP contribution in [0.4, 0.5) is 0 Å². The molecular formula is C18H37BO3. The molecule has 2 N–H and O–H groups in total. The van der Waals surface area contributed by atoms with Gasteiger partial charge in [0.1, 0.15) is 0 Å². The highest BCUT2D eigenvalue weighted by Gasteiger charge is 2.17. The van der Waals surface area contributed by atoms with Gasteiger partial charge in [0.15, 0.2) is 0 Å². The van der Waals surface area contributed by atoms with E-state index in [1.807, 2.05) is 0 Å². The van der Waals surface area contributed by atoms with Crippen molar-refractivity contribution in [2.24, 2.45) is 0 Å². The molecule has 0 spiro atoms. The molecule has 0 saturated heterocycles. The maximum Gasteiger partial charge on any atom is 0.634 e. The number of rotatable bonds is 2. The van der Waals surface area contributed by atoms with Gasteiger partial charge in [0.2, 0.25) is 0 Å². The highest BCUT2D eigenvalue weighted by molar-refractivity contribution is 6.32. The smallest absolute Gasteiger partial charge is 0.402 e. The molecule has 0 heterocycles. The Morgan fingerprint density at radius 2 is 0.773 bits per heavy atom. The number of hydrogen-bond donors (Lipinski definition) is 2. The van der Waals surface area contributed by atoms with E-state index < -0.39 is 7.32 Å². The van der Waals surface area contributed by atoms with Crippen LogP contribution in [0.3, 0.4) is 0 Å². The molecule has 130 valence electrons. The Morgan fingerprint density at radius 1 is 0.500 bits per heavy atom. The van der Waals surface area contributed by atoms with Crippen LogP contribution in [-0.4, -0.2) is 23.5 Å². The van der Waals surface area contributed by atoms with Crippen molar-refractivity contribution in [1.82, 2.24) is 0 Å². The van der Waals surface area contributed by atoms with Crippen LogP contribution < -0.4 is 0 Å². The van der Waals surface area contributed by atoms with E-state index in [1.54, 1.807) is 0 Å². The van der Waals surface area contributed by atoms with Gasteiger partial charge >= 0.3 is 7.32 Å². The molecule has 1 aliphatic carbocycles. The van der Waals surface area contributed by atoms with Crippen LogP contribution in [0, 0.1) is 0 Å². The Kier molecular flexibility index (Phi) is 13.2. The van der Waals surface area contributed by atoms with Crippen molar-refractivity contribution >= 4 is 7.32 Å². The lowest BCUT2D eigenvalue weighted by molar-refractivity contribution is 0.101. The quantitative estimate of drug-likeness (QED) is 0.706. The van der Waals surface area contributed by atoms with E-state index in [0.29, 0.717) is 0 Å². The molecule has 1 aliphatic rings. The Balaban J connectivity index is 2.23. The highest BCUT2D eigenvalue weighted by atomic mass is 16.6. The first-order chi connectivity index (χ1) is 10.8. The fraction of sp³-hybridized carbons (Fsp3) is 1.00. The summed E-state index contributed by atoms with van der Waals surface area (Å²) in [4.78, 5) is 0. The average molecular weight is 312 g/mol. The third-order valence-electron chi connectivity index (χ3n) is 4.87. The van der Waals surface area contributed by atoms with E-state index in [-0.39, 0.29) is 6.10 Å². The molecule has 0 aromatic carbocycles. The Hall–Kier alpha value is -0.0551. The summed E-state index contributed by atoms with van der Waals surface area (Å²) < 4.78 is 5.24. The molecule has 0 unspecified atom stereocenters. The standard InChI is InChI=1S/C18H37BO3/c20-19(21)22-18-16-14-12-10-8-6-4-2-1-3-5-7-9-11-13-15-17-18/h18,20-21H,1-17H2. The Morgan fingerprint density at radius 3 is 1.05 bits per heavy atom. The molecule has 0 radical (unpaired) electrons. The summed E-state index contributed by atoms with van der Waals surface area (Å²) in [6, 6.07) is 0. The fourth-order valence-electron chi connectivity index (χ4n) is 3.49. The summed E-state index contributed by atoms with van der Waals surface area (Å²) in [6.07, 6.45) is 22.0. The minimum Gasteiger partial charge on any atom is -0.402 e. The van der Waals surface area contributed by atoms with Gasteiger partial charge in [-0.05, 0) is 12.8 Å². The minimum atomic E-state index is -1.61. The van der Waals surface area contributed by atoms with Crippen LogP contribution in [0.15, 0.2) is 0 Å². The lowest BCUT2D eigenvalue weighted by Crippen LogP contribution is -2.25. The molecule has 0 amide bonds. The molecule has 0 aromatic heterocycles. The molecule has 3 nitrogen and oxygen atoms in total. The van der Waals surface area contributed by atoms with Gasteiger partial charge in [-0.25, -0.2) is 0 Å². The first-order valence-electron chi connectivity index (χ1n) is 9.80. The second kappa shape index (κ2) is 14.5. The third kappa shape index (κ3) is 12.5. The molecule has 1 rings (SSSR count). The van der Waals surface area contributed by atoms with E-state index in [1.165, 1.54) is 83.5 Å². The first-order valence-corrected chi connectivity index (χ1v) is 9.80. The van der Waals surface area contributed by atoms with Crippen molar-refractivity contribution in [2.45, 2.75) is 115 Å². The van der Waals surface area contributed by atoms with Crippen LogP contribution >= 0.6 is 0 Å². The molecule has 0 atom stereocenters. The van der Waals surface area contributed by atoms with Gasteiger partial charge < -0.3 is 14.7 Å². The van der Waals surface area contributed by atoms with Crippen LogP contribution in [-0.2, 0) is 4.65 Å². The predicted molar refractivity (Wildman–Crippen MR) is 93.6 cm³/mol. The maximum absolute atomic E-state index is 9.04. The van der Waals surface area contributed by atoms with E-state index >= 15 is 0 Å². The van der Waals surface area contributed by atoms with Crippen molar-refractivity contribution in [3.05, 3.63) is 0 Å². The first kappa shape index (κ1) is 20.0. The summed E-state index contributed by atoms with van der Waals surface area (Å²) in [5.74, 6) is 0. The summed E-state index contributed by atoms with van der Waals surface area (Å²) in [5, 5.41) is 18.1. The van der Waals surface area contributed by atoms with Gasteiger partial charge in [0.25, 0.3) is 0 Å². The largest absolute Gasteiger partial charge is 0.634 e. The van der Waals surface area contributed by atoms with Gasteiger partial charge in [-0.3, -0.25) is 0 Å². The Bertz CT molecular complexity index is 218. The topological polar surface area (TPSA) is 49.7 Å². The normalized spacial score (nSPS) is 22.6. The summed E-state index contributed by atoms with van der Waals surface area (Å²) in [6.45, 7) is 0. The van der Waals surface area contributed by atoms with Gasteiger partial charge in [0, 0.05) is 6.10 Å². The van der Waals surface area contributed by atoms with E-state index in [0.717, 1.165) is 25.7 Å². The molecule has 0 aliphatic heterocycles. The molecule has 4 heteroatoms. The zero-order valence-electron chi connectivity index (χ0n) is 14.5. The van der Waals surface area contributed by atoms with Crippen molar-refractivity contribution in [2.75, 3.05) is 0 Å². The van der Waals surface area contributed by atoms with E-state index in [4.69, 9.17) is 14.7 Å². The summed E-state index contributed by atoms with van der Waals surface area (Å²) in [7, 11) is -1.61. The second-order valence-electron chi connectivity index (χ2n) is 6.97. The Labute approximate surface area is 138 Å². The second-order valence-corrected chi connectivity index (χ2v) is 6.97. The van der Waals surface area contributed by atoms with Gasteiger partial charge in [0.05, 0.1) is 0 Å². The zero-order valence-corrected chi connectivity index (χ0v) is 14.5. The molecule has 22 heavy (non-hydrogen) atoms. The summed E-state index contributed by atoms with van der Waals surface area (Å²) >= 11 is 0. The molecule has 1 saturated carbocycles. The monoisotopic (exact) mass is 312 g/mol. The van der Waals surface area contributed by atoms with Gasteiger partial charge in [-0.15, -0.1) is 0 Å². The molecule has 0 aromatic rings. The molecular weight excluding hydrogens is 275 g/mol. The fourth-order valence-corrected chi connectivity index (χ4v) is 3.49. The van der Waals surface area contributed by atoms with Crippen molar-refractivity contribution in [3.8, 4) is 0 Å². The lowest BCUT2D eigenvalue weighted by Gasteiger charge is -2.18. The third-order valence-corrected chi connectivity index (χ3v) is 4.87. The van der Waals surface area contributed by atoms with Crippen LogP contribution in [0.1, 0.15) is 109 Å². The van der Waals surface area contributed by atoms with Gasteiger partial charge in [-0.1, -0.05) is 96.3 Å². The minimum absolute atomic E-state index is 0.0267. The zero-order chi connectivity index (χ0) is 15.9. The lowest BCUT2D eigenvalue weighted by atomic mass is 9.99.